The van der Waals surface area contributed by atoms with Crippen LogP contribution < -0.4 is 15.4 Å². The highest BCUT2D eigenvalue weighted by atomic mass is 16.5. The van der Waals surface area contributed by atoms with E-state index in [-0.39, 0.29) is 0 Å². The van der Waals surface area contributed by atoms with Crippen molar-refractivity contribution in [1.82, 2.24) is 0 Å². The Morgan fingerprint density at radius 2 is 2.00 bits per heavy atom. The van der Waals surface area contributed by atoms with Crippen LogP contribution in [-0.2, 0) is 0 Å². The lowest BCUT2D eigenvalue weighted by Gasteiger charge is -2.29. The molecule has 0 saturated heterocycles. The van der Waals surface area contributed by atoms with Gasteiger partial charge in [0.05, 0.1) is 7.11 Å². The van der Waals surface area contributed by atoms with Gasteiger partial charge in [0.25, 0.3) is 0 Å². The highest BCUT2D eigenvalue weighted by Crippen LogP contribution is 2.23. The molecule has 0 spiro atoms. The van der Waals surface area contributed by atoms with E-state index in [0.717, 1.165) is 37.7 Å². The molecular weight excluding hydrogens is 236 g/mol. The smallest absolute Gasteiger partial charge is 0.120 e. The van der Waals surface area contributed by atoms with Gasteiger partial charge in [-0.05, 0) is 31.0 Å². The number of hydrogen-bond acceptors (Lipinski definition) is 3. The molecule has 3 nitrogen and oxygen atoms in total. The molecule has 0 aliphatic carbocycles. The Hall–Kier alpha value is -1.22. The normalized spacial score (nSPS) is 10.8. The number of nitrogens with two attached hydrogens (primary N) is 1. The lowest BCUT2D eigenvalue weighted by Crippen LogP contribution is -2.31. The summed E-state index contributed by atoms with van der Waals surface area (Å²) in [5, 5.41) is 0. The Bertz CT molecular complexity index is 350. The average molecular weight is 264 g/mol. The van der Waals surface area contributed by atoms with Gasteiger partial charge in [0.15, 0.2) is 0 Å². The highest BCUT2D eigenvalue weighted by molar-refractivity contribution is 5.50. The molecule has 108 valence electrons. The molecule has 0 fully saturated rings. The van der Waals surface area contributed by atoms with Crippen LogP contribution in [-0.4, -0.2) is 26.7 Å². The minimum Gasteiger partial charge on any atom is -0.497 e. The van der Waals surface area contributed by atoms with E-state index in [2.05, 4.69) is 36.9 Å². The first-order valence-electron chi connectivity index (χ1n) is 7.34. The summed E-state index contributed by atoms with van der Waals surface area (Å²) >= 11 is 0. The SMILES string of the molecule is CCC(CC)CN(CCCN)c1cccc(OC)c1. The quantitative estimate of drug-likeness (QED) is 0.744. The molecule has 0 heterocycles. The molecular formula is C16H28N2O. The molecule has 0 aliphatic rings. The van der Waals surface area contributed by atoms with Crippen LogP contribution in [0.5, 0.6) is 5.75 Å². The van der Waals surface area contributed by atoms with Gasteiger partial charge in [0.1, 0.15) is 5.75 Å². The standard InChI is InChI=1S/C16H28N2O/c1-4-14(5-2)13-18(11-7-10-17)15-8-6-9-16(12-15)19-3/h6,8-9,12,14H,4-5,7,10-11,13,17H2,1-3H3. The predicted molar refractivity (Wildman–Crippen MR) is 83.0 cm³/mol. The summed E-state index contributed by atoms with van der Waals surface area (Å²) in [6.07, 6.45) is 3.47. The molecule has 0 aliphatic heterocycles. The van der Waals surface area contributed by atoms with Crippen molar-refractivity contribution >= 4 is 5.69 Å². The summed E-state index contributed by atoms with van der Waals surface area (Å²) in [4.78, 5) is 2.44. The van der Waals surface area contributed by atoms with Crippen molar-refractivity contribution in [2.75, 3.05) is 31.6 Å². The fourth-order valence-corrected chi connectivity index (χ4v) is 2.27. The predicted octanol–water partition coefficient (Wildman–Crippen LogP) is 3.29. The van der Waals surface area contributed by atoms with Crippen LogP contribution in [0.2, 0.25) is 0 Å². The Labute approximate surface area is 117 Å². The van der Waals surface area contributed by atoms with Gasteiger partial charge in [-0.25, -0.2) is 0 Å². The number of ether oxygens (including phenoxy) is 1. The first-order valence-corrected chi connectivity index (χ1v) is 7.34. The number of nitrogens with zero attached hydrogens (tertiary/aromatic N) is 1. The van der Waals surface area contributed by atoms with Crippen molar-refractivity contribution in [3.8, 4) is 5.75 Å². The molecule has 3 heteroatoms. The van der Waals surface area contributed by atoms with Crippen LogP contribution in [0.25, 0.3) is 0 Å². The van der Waals surface area contributed by atoms with E-state index < -0.39 is 0 Å². The minimum atomic E-state index is 0.739. The van der Waals surface area contributed by atoms with Crippen molar-refractivity contribution in [3.63, 3.8) is 0 Å². The third kappa shape index (κ3) is 5.11. The molecule has 2 N–H and O–H groups in total. The van der Waals surface area contributed by atoms with E-state index in [1.807, 2.05) is 6.07 Å². The summed E-state index contributed by atoms with van der Waals surface area (Å²) in [5.41, 5.74) is 6.89. The van der Waals surface area contributed by atoms with Gasteiger partial charge in [-0.15, -0.1) is 0 Å². The monoisotopic (exact) mass is 264 g/mol. The van der Waals surface area contributed by atoms with Crippen LogP contribution in [0.3, 0.4) is 0 Å². The number of rotatable bonds is 9. The van der Waals surface area contributed by atoms with Crippen LogP contribution >= 0.6 is 0 Å². The Kier molecular flexibility index (Phi) is 7.34. The van der Waals surface area contributed by atoms with E-state index in [0.29, 0.717) is 0 Å². The second-order valence-electron chi connectivity index (χ2n) is 4.97. The summed E-state index contributed by atoms with van der Waals surface area (Å²) in [6, 6.07) is 8.30. The molecule has 0 atom stereocenters. The Balaban J connectivity index is 2.81. The third-order valence-corrected chi connectivity index (χ3v) is 3.68. The van der Waals surface area contributed by atoms with Crippen molar-refractivity contribution in [1.29, 1.82) is 0 Å². The third-order valence-electron chi connectivity index (χ3n) is 3.68. The molecule has 0 unspecified atom stereocenters. The lowest BCUT2D eigenvalue weighted by molar-refractivity contribution is 0.414. The topological polar surface area (TPSA) is 38.5 Å². The maximum absolute atomic E-state index is 5.66. The zero-order valence-corrected chi connectivity index (χ0v) is 12.6. The van der Waals surface area contributed by atoms with Crippen molar-refractivity contribution in [2.24, 2.45) is 11.7 Å². The number of benzene rings is 1. The van der Waals surface area contributed by atoms with Crippen LogP contribution in [0.15, 0.2) is 24.3 Å². The summed E-state index contributed by atoms with van der Waals surface area (Å²) < 4.78 is 5.32. The fourth-order valence-electron chi connectivity index (χ4n) is 2.27. The Morgan fingerprint density at radius 1 is 1.26 bits per heavy atom. The summed E-state index contributed by atoms with van der Waals surface area (Å²) in [7, 11) is 1.71. The lowest BCUT2D eigenvalue weighted by atomic mass is 10.0. The highest BCUT2D eigenvalue weighted by Gasteiger charge is 2.12. The van der Waals surface area contributed by atoms with E-state index in [9.17, 15) is 0 Å². The number of methoxy groups -OCH3 is 1. The van der Waals surface area contributed by atoms with Gasteiger partial charge < -0.3 is 15.4 Å². The maximum atomic E-state index is 5.66. The van der Waals surface area contributed by atoms with Crippen LogP contribution in [0.4, 0.5) is 5.69 Å². The number of anilines is 1. The van der Waals surface area contributed by atoms with E-state index in [1.54, 1.807) is 7.11 Å². The van der Waals surface area contributed by atoms with Crippen LogP contribution in [0, 0.1) is 5.92 Å². The second kappa shape index (κ2) is 8.81. The van der Waals surface area contributed by atoms with E-state index >= 15 is 0 Å². The molecule has 0 radical (unpaired) electrons. The fraction of sp³-hybridized carbons (Fsp3) is 0.625. The largest absolute Gasteiger partial charge is 0.497 e. The molecule has 0 bridgehead atoms. The minimum absolute atomic E-state index is 0.739. The summed E-state index contributed by atoms with van der Waals surface area (Å²) in [5.74, 6) is 1.66. The molecule has 1 aromatic rings. The van der Waals surface area contributed by atoms with E-state index in [1.165, 1.54) is 18.5 Å². The Morgan fingerprint density at radius 3 is 2.58 bits per heavy atom. The molecule has 0 amide bonds. The van der Waals surface area contributed by atoms with Crippen LogP contribution in [0.1, 0.15) is 33.1 Å². The second-order valence-corrected chi connectivity index (χ2v) is 4.97. The molecule has 19 heavy (non-hydrogen) atoms. The number of hydrogen-bond donors (Lipinski definition) is 1. The molecule has 0 aromatic heterocycles. The van der Waals surface area contributed by atoms with E-state index in [4.69, 9.17) is 10.5 Å². The van der Waals surface area contributed by atoms with Gasteiger partial charge >= 0.3 is 0 Å². The van der Waals surface area contributed by atoms with Crippen molar-refractivity contribution in [3.05, 3.63) is 24.3 Å². The van der Waals surface area contributed by atoms with Gasteiger partial charge in [-0.2, -0.15) is 0 Å². The van der Waals surface area contributed by atoms with Gasteiger partial charge in [-0.1, -0.05) is 32.8 Å². The molecule has 1 aromatic carbocycles. The van der Waals surface area contributed by atoms with Crippen molar-refractivity contribution in [2.45, 2.75) is 33.1 Å². The van der Waals surface area contributed by atoms with Gasteiger partial charge in [0.2, 0.25) is 0 Å². The average Bonchev–Trinajstić information content (AvgIpc) is 2.47. The van der Waals surface area contributed by atoms with Gasteiger partial charge in [-0.3, -0.25) is 0 Å². The zero-order valence-electron chi connectivity index (χ0n) is 12.6. The maximum Gasteiger partial charge on any atom is 0.120 e. The first kappa shape index (κ1) is 15.8. The molecule has 0 saturated carbocycles. The molecule has 1 rings (SSSR count). The van der Waals surface area contributed by atoms with Gasteiger partial charge in [0, 0.05) is 24.8 Å². The zero-order chi connectivity index (χ0) is 14.1. The van der Waals surface area contributed by atoms with Crippen molar-refractivity contribution < 1.29 is 4.74 Å². The first-order chi connectivity index (χ1) is 9.24. The summed E-state index contributed by atoms with van der Waals surface area (Å²) in [6.45, 7) is 7.38.